The van der Waals surface area contributed by atoms with Crippen molar-refractivity contribution in [2.75, 3.05) is 13.1 Å². The molecule has 0 unspecified atom stereocenters. The lowest BCUT2D eigenvalue weighted by Gasteiger charge is -2.18. The van der Waals surface area contributed by atoms with Gasteiger partial charge in [0.15, 0.2) is 0 Å². The van der Waals surface area contributed by atoms with Gasteiger partial charge < -0.3 is 5.32 Å². The van der Waals surface area contributed by atoms with Crippen molar-refractivity contribution in [3.05, 3.63) is 29.8 Å². The van der Waals surface area contributed by atoms with E-state index in [4.69, 9.17) is 0 Å². The van der Waals surface area contributed by atoms with Crippen LogP contribution in [0.3, 0.4) is 0 Å². The van der Waals surface area contributed by atoms with E-state index in [1.807, 2.05) is 13.8 Å². The monoisotopic (exact) mass is 354 g/mol. The summed E-state index contributed by atoms with van der Waals surface area (Å²) in [5.74, 6) is 0.0449. The van der Waals surface area contributed by atoms with Gasteiger partial charge in [-0.05, 0) is 37.0 Å². The normalized spacial score (nSPS) is 11.9. The smallest absolute Gasteiger partial charge is 0.243 e. The van der Waals surface area contributed by atoms with E-state index < -0.39 is 10.0 Å². The molecule has 0 saturated heterocycles. The number of hydrogen-bond donors (Lipinski definition) is 1. The standard InChI is InChI=1S/C18H30N2O3S/c1-5-16(6-2)19-18(21)14-11-15-9-12-17(13-10-15)24(22,23)20(7-3)8-4/h9-10,12-13,16H,5-8,11,14H2,1-4H3,(H,19,21). The lowest BCUT2D eigenvalue weighted by molar-refractivity contribution is -0.121. The second kappa shape index (κ2) is 9.79. The minimum Gasteiger partial charge on any atom is -0.353 e. The second-order valence-corrected chi connectivity index (χ2v) is 7.75. The third-order valence-electron chi connectivity index (χ3n) is 4.26. The molecule has 0 aliphatic rings. The number of amides is 1. The zero-order valence-electron chi connectivity index (χ0n) is 15.2. The number of hydrogen-bond acceptors (Lipinski definition) is 3. The highest BCUT2D eigenvalue weighted by molar-refractivity contribution is 7.89. The lowest BCUT2D eigenvalue weighted by atomic mass is 10.1. The third kappa shape index (κ3) is 5.60. The summed E-state index contributed by atoms with van der Waals surface area (Å²) >= 11 is 0. The van der Waals surface area contributed by atoms with E-state index in [9.17, 15) is 13.2 Å². The average molecular weight is 355 g/mol. The highest BCUT2D eigenvalue weighted by atomic mass is 32.2. The highest BCUT2D eigenvalue weighted by Crippen LogP contribution is 2.16. The van der Waals surface area contributed by atoms with Crippen molar-refractivity contribution in [2.24, 2.45) is 0 Å². The van der Waals surface area contributed by atoms with Crippen LogP contribution in [0.5, 0.6) is 0 Å². The van der Waals surface area contributed by atoms with Gasteiger partial charge in [-0.1, -0.05) is 39.8 Å². The molecule has 1 aromatic rings. The van der Waals surface area contributed by atoms with Crippen molar-refractivity contribution in [2.45, 2.75) is 64.3 Å². The Bertz CT molecular complexity index is 604. The Labute approximate surface area is 146 Å². The summed E-state index contributed by atoms with van der Waals surface area (Å²) in [6, 6.07) is 7.07. The number of nitrogens with zero attached hydrogens (tertiary/aromatic N) is 1. The van der Waals surface area contributed by atoms with Crippen LogP contribution in [0.1, 0.15) is 52.5 Å². The first-order valence-corrected chi connectivity index (χ1v) is 10.2. The molecule has 1 amide bonds. The number of benzene rings is 1. The second-order valence-electron chi connectivity index (χ2n) is 5.81. The maximum absolute atomic E-state index is 12.4. The van der Waals surface area contributed by atoms with E-state index in [0.717, 1.165) is 18.4 Å². The summed E-state index contributed by atoms with van der Waals surface area (Å²) in [6.45, 7) is 8.68. The van der Waals surface area contributed by atoms with Gasteiger partial charge in [-0.15, -0.1) is 0 Å². The number of sulfonamides is 1. The van der Waals surface area contributed by atoms with Crippen molar-refractivity contribution in [3.63, 3.8) is 0 Å². The number of rotatable bonds is 10. The number of carbonyl (C=O) groups is 1. The zero-order valence-corrected chi connectivity index (χ0v) is 16.0. The van der Waals surface area contributed by atoms with E-state index in [1.54, 1.807) is 24.3 Å². The van der Waals surface area contributed by atoms with Crippen molar-refractivity contribution in [1.29, 1.82) is 0 Å². The van der Waals surface area contributed by atoms with E-state index >= 15 is 0 Å². The average Bonchev–Trinajstić information content (AvgIpc) is 2.59. The topological polar surface area (TPSA) is 66.5 Å². The largest absolute Gasteiger partial charge is 0.353 e. The van der Waals surface area contributed by atoms with Crippen molar-refractivity contribution in [1.82, 2.24) is 9.62 Å². The first-order valence-electron chi connectivity index (χ1n) is 8.77. The summed E-state index contributed by atoms with van der Waals surface area (Å²) in [4.78, 5) is 12.2. The van der Waals surface area contributed by atoms with E-state index in [1.165, 1.54) is 4.31 Å². The van der Waals surface area contributed by atoms with Crippen LogP contribution in [0.25, 0.3) is 0 Å². The van der Waals surface area contributed by atoms with Crippen molar-refractivity contribution < 1.29 is 13.2 Å². The Morgan fingerprint density at radius 1 is 1.04 bits per heavy atom. The molecule has 0 aromatic heterocycles. The van der Waals surface area contributed by atoms with E-state index in [-0.39, 0.29) is 11.9 Å². The molecule has 0 atom stereocenters. The summed E-state index contributed by atoms with van der Waals surface area (Å²) in [5, 5.41) is 3.01. The van der Waals surface area contributed by atoms with Crippen LogP contribution in [0.4, 0.5) is 0 Å². The summed E-state index contributed by atoms with van der Waals surface area (Å²) in [7, 11) is -3.42. The Morgan fingerprint density at radius 3 is 2.04 bits per heavy atom. The molecule has 0 aliphatic carbocycles. The molecular weight excluding hydrogens is 324 g/mol. The van der Waals surface area contributed by atoms with Crippen LogP contribution in [-0.4, -0.2) is 37.8 Å². The fourth-order valence-electron chi connectivity index (χ4n) is 2.59. The summed E-state index contributed by atoms with van der Waals surface area (Å²) in [5.41, 5.74) is 0.966. The molecule has 136 valence electrons. The molecule has 0 radical (unpaired) electrons. The van der Waals surface area contributed by atoms with Gasteiger partial charge in [0.1, 0.15) is 0 Å². The van der Waals surface area contributed by atoms with Gasteiger partial charge in [0.05, 0.1) is 4.90 Å². The van der Waals surface area contributed by atoms with Crippen LogP contribution in [0.15, 0.2) is 29.2 Å². The Kier molecular flexibility index (Phi) is 8.42. The molecule has 0 bridgehead atoms. The van der Waals surface area contributed by atoms with Gasteiger partial charge in [-0.2, -0.15) is 4.31 Å². The SMILES string of the molecule is CCC(CC)NC(=O)CCc1ccc(S(=O)(=O)N(CC)CC)cc1. The van der Waals surface area contributed by atoms with E-state index in [0.29, 0.717) is 30.8 Å². The Hall–Kier alpha value is -1.40. The highest BCUT2D eigenvalue weighted by Gasteiger charge is 2.21. The molecule has 0 spiro atoms. The minimum absolute atomic E-state index is 0.0449. The maximum atomic E-state index is 12.4. The third-order valence-corrected chi connectivity index (χ3v) is 6.32. The van der Waals surface area contributed by atoms with Crippen LogP contribution < -0.4 is 5.32 Å². The molecule has 0 fully saturated rings. The van der Waals surface area contributed by atoms with Gasteiger partial charge in [-0.3, -0.25) is 4.79 Å². The molecule has 5 nitrogen and oxygen atoms in total. The molecule has 0 saturated carbocycles. The zero-order chi connectivity index (χ0) is 18.2. The molecular formula is C18H30N2O3S. The van der Waals surface area contributed by atoms with Gasteiger partial charge in [-0.25, -0.2) is 8.42 Å². The van der Waals surface area contributed by atoms with Crippen LogP contribution in [0.2, 0.25) is 0 Å². The minimum atomic E-state index is -3.42. The molecule has 6 heteroatoms. The fourth-order valence-corrected chi connectivity index (χ4v) is 4.05. The van der Waals surface area contributed by atoms with Gasteiger partial charge in [0.25, 0.3) is 0 Å². The first-order chi connectivity index (χ1) is 11.4. The molecule has 1 rings (SSSR count). The van der Waals surface area contributed by atoms with Crippen LogP contribution in [-0.2, 0) is 21.2 Å². The molecule has 1 N–H and O–H groups in total. The van der Waals surface area contributed by atoms with Crippen molar-refractivity contribution in [3.8, 4) is 0 Å². The predicted molar refractivity (Wildman–Crippen MR) is 97.4 cm³/mol. The van der Waals surface area contributed by atoms with Crippen LogP contribution >= 0.6 is 0 Å². The molecule has 24 heavy (non-hydrogen) atoms. The first kappa shape index (κ1) is 20.6. The van der Waals surface area contributed by atoms with Gasteiger partial charge in [0, 0.05) is 25.6 Å². The number of aryl methyl sites for hydroxylation is 1. The molecule has 0 heterocycles. The predicted octanol–water partition coefficient (Wildman–Crippen LogP) is 2.95. The number of nitrogens with one attached hydrogen (secondary N) is 1. The van der Waals surface area contributed by atoms with Gasteiger partial charge in [0.2, 0.25) is 15.9 Å². The Balaban J connectivity index is 2.67. The molecule has 0 aliphatic heterocycles. The van der Waals surface area contributed by atoms with E-state index in [2.05, 4.69) is 19.2 Å². The maximum Gasteiger partial charge on any atom is 0.243 e. The summed E-state index contributed by atoms with van der Waals surface area (Å²) < 4.78 is 26.3. The van der Waals surface area contributed by atoms with Crippen molar-refractivity contribution >= 4 is 15.9 Å². The fraction of sp³-hybridized carbons (Fsp3) is 0.611. The Morgan fingerprint density at radius 2 is 1.58 bits per heavy atom. The quantitative estimate of drug-likeness (QED) is 0.702. The lowest BCUT2D eigenvalue weighted by Crippen LogP contribution is -2.33. The van der Waals surface area contributed by atoms with Gasteiger partial charge >= 0.3 is 0 Å². The molecule has 1 aromatic carbocycles. The van der Waals surface area contributed by atoms with Crippen LogP contribution in [0, 0.1) is 0 Å². The summed E-state index contributed by atoms with van der Waals surface area (Å²) in [6.07, 6.45) is 2.89. The number of carbonyl (C=O) groups excluding carboxylic acids is 1.